The molecule has 0 spiro atoms. The van der Waals surface area contributed by atoms with Gasteiger partial charge in [0.25, 0.3) is 0 Å². The topological polar surface area (TPSA) is 25.8 Å². The Balaban J connectivity index is 1.35. The average molecular weight is 661 g/mol. The lowest BCUT2D eigenvalue weighted by atomic mass is 9.96. The number of nitrogens with zero attached hydrogens (tertiary/aromatic N) is 2. The van der Waals surface area contributed by atoms with Gasteiger partial charge in [-0.15, -0.1) is 22.7 Å². The van der Waals surface area contributed by atoms with Crippen molar-refractivity contribution in [2.24, 2.45) is 0 Å². The molecule has 0 bridgehead atoms. The first-order valence-corrected chi connectivity index (χ1v) is 18.1. The van der Waals surface area contributed by atoms with E-state index in [2.05, 4.69) is 149 Å². The zero-order valence-electron chi connectivity index (χ0n) is 26.7. The highest BCUT2D eigenvalue weighted by atomic mass is 32.1. The van der Waals surface area contributed by atoms with Crippen LogP contribution in [-0.4, -0.2) is 8.75 Å². The summed E-state index contributed by atoms with van der Waals surface area (Å²) in [4.78, 5) is 5.00. The quantitative estimate of drug-likeness (QED) is 0.177. The highest BCUT2D eigenvalue weighted by molar-refractivity contribution is 7.20. The van der Waals surface area contributed by atoms with Crippen LogP contribution in [0.4, 0.5) is 0 Å². The lowest BCUT2D eigenvalue weighted by Gasteiger charge is -2.09. The fourth-order valence-electron chi connectivity index (χ4n) is 6.73. The molecule has 0 saturated heterocycles. The Labute approximate surface area is 288 Å². The second-order valence-electron chi connectivity index (χ2n) is 12.1. The van der Waals surface area contributed by atoms with E-state index in [0.29, 0.717) is 0 Å². The Hall–Kier alpha value is -4.68. The molecule has 2 nitrogen and oxygen atoms in total. The van der Waals surface area contributed by atoms with E-state index in [1.807, 2.05) is 22.7 Å². The Kier molecular flexibility index (Phi) is 7.69. The largest absolute Gasteiger partial charge is 0.172 e. The molecule has 0 aliphatic carbocycles. The maximum Gasteiger partial charge on any atom is 0.114 e. The number of fused-ring (bicyclic) bond motifs is 1. The third-order valence-corrected chi connectivity index (χ3v) is 11.9. The van der Waals surface area contributed by atoms with E-state index in [4.69, 9.17) is 8.75 Å². The van der Waals surface area contributed by atoms with Gasteiger partial charge in [-0.05, 0) is 84.3 Å². The van der Waals surface area contributed by atoms with Crippen LogP contribution >= 0.6 is 34.4 Å². The molecular formula is C42H32N2S3. The fourth-order valence-corrected chi connectivity index (χ4v) is 10.1. The Morgan fingerprint density at radius 2 is 0.787 bits per heavy atom. The summed E-state index contributed by atoms with van der Waals surface area (Å²) in [7, 11) is 0. The van der Waals surface area contributed by atoms with E-state index in [1.54, 1.807) is 0 Å². The van der Waals surface area contributed by atoms with Gasteiger partial charge in [0.15, 0.2) is 0 Å². The van der Waals surface area contributed by atoms with Gasteiger partial charge in [-0.1, -0.05) is 109 Å². The van der Waals surface area contributed by atoms with Crippen molar-refractivity contribution >= 4 is 45.4 Å². The minimum Gasteiger partial charge on any atom is -0.172 e. The van der Waals surface area contributed by atoms with Crippen molar-refractivity contribution in [2.45, 2.75) is 27.7 Å². The number of rotatable bonds is 6. The number of aromatic nitrogens is 2. The SMILES string of the molecule is Cc1cccc(C)c1-c1cc(-c2ccccc2)c(-c2ccc(-c3sc(-c4c(C)cccc4C)cc3-c3ccccc3)c3nsnc23)s1. The van der Waals surface area contributed by atoms with Crippen LogP contribution in [0.2, 0.25) is 0 Å². The smallest absolute Gasteiger partial charge is 0.114 e. The van der Waals surface area contributed by atoms with E-state index < -0.39 is 0 Å². The molecule has 0 atom stereocenters. The molecule has 0 aliphatic heterocycles. The standard InChI is InChI=1S/C42H32N2S3/c1-25-13-11-14-26(2)37(25)35-23-33(29-17-7-5-8-18-29)41(45-35)31-21-22-32(40-39(31)43-47-44-40)42-34(30-19-9-6-10-20-30)24-36(46-42)38-27(3)15-12-16-28(38)4/h5-24H,1-4H3. The Morgan fingerprint density at radius 1 is 0.404 bits per heavy atom. The van der Waals surface area contributed by atoms with E-state index in [0.717, 1.165) is 22.2 Å². The first-order chi connectivity index (χ1) is 23.0. The predicted octanol–water partition coefficient (Wildman–Crippen LogP) is 13.0. The number of hydrogen-bond acceptors (Lipinski definition) is 5. The minimum absolute atomic E-state index is 0.959. The lowest BCUT2D eigenvalue weighted by molar-refractivity contribution is 1.39. The molecule has 3 heterocycles. The van der Waals surface area contributed by atoms with Crippen LogP contribution in [0.5, 0.6) is 0 Å². The van der Waals surface area contributed by atoms with Crippen LogP contribution in [0.25, 0.3) is 75.0 Å². The van der Waals surface area contributed by atoms with Crippen LogP contribution in [0, 0.1) is 27.7 Å². The molecular weight excluding hydrogens is 629 g/mol. The highest BCUT2D eigenvalue weighted by Crippen LogP contribution is 2.50. The summed E-state index contributed by atoms with van der Waals surface area (Å²) in [6.07, 6.45) is 0. The van der Waals surface area contributed by atoms with Crippen LogP contribution in [0.3, 0.4) is 0 Å². The van der Waals surface area contributed by atoms with E-state index in [-0.39, 0.29) is 0 Å². The summed E-state index contributed by atoms with van der Waals surface area (Å²) in [5.74, 6) is 0. The zero-order chi connectivity index (χ0) is 32.1. The molecule has 0 radical (unpaired) electrons. The Bertz CT molecular complexity index is 2190. The third kappa shape index (κ3) is 5.25. The summed E-state index contributed by atoms with van der Waals surface area (Å²) >= 11 is 5.00. The molecule has 0 unspecified atom stereocenters. The van der Waals surface area contributed by atoms with Gasteiger partial charge in [0.2, 0.25) is 0 Å². The molecule has 47 heavy (non-hydrogen) atoms. The minimum atomic E-state index is 0.959. The van der Waals surface area contributed by atoms with Crippen LogP contribution in [-0.2, 0) is 0 Å². The molecule has 0 fully saturated rings. The maximum atomic E-state index is 4.97. The molecule has 8 aromatic rings. The maximum absolute atomic E-state index is 4.97. The fraction of sp³-hybridized carbons (Fsp3) is 0.0952. The van der Waals surface area contributed by atoms with Crippen molar-refractivity contribution in [1.29, 1.82) is 0 Å². The van der Waals surface area contributed by atoms with Gasteiger partial charge in [-0.25, -0.2) is 0 Å². The molecule has 3 aromatic heterocycles. The number of benzene rings is 5. The highest BCUT2D eigenvalue weighted by Gasteiger charge is 2.24. The zero-order valence-corrected chi connectivity index (χ0v) is 29.1. The summed E-state index contributed by atoms with van der Waals surface area (Å²) in [6, 6.07) is 43.9. The molecule has 0 aliphatic rings. The molecule has 0 saturated carbocycles. The molecule has 8 rings (SSSR count). The van der Waals surface area contributed by atoms with E-state index >= 15 is 0 Å². The lowest BCUT2D eigenvalue weighted by Crippen LogP contribution is -1.86. The summed E-state index contributed by atoms with van der Waals surface area (Å²) in [5, 5.41) is 0. The third-order valence-electron chi connectivity index (χ3n) is 8.99. The summed E-state index contributed by atoms with van der Waals surface area (Å²) in [6.45, 7) is 8.83. The number of aryl methyl sites for hydroxylation is 4. The van der Waals surface area contributed by atoms with Crippen LogP contribution < -0.4 is 0 Å². The molecule has 0 N–H and O–H groups in total. The molecule has 0 amide bonds. The number of hydrogen-bond donors (Lipinski definition) is 0. The van der Waals surface area contributed by atoms with Gasteiger partial charge in [0.1, 0.15) is 11.0 Å². The first-order valence-electron chi connectivity index (χ1n) is 15.8. The summed E-state index contributed by atoms with van der Waals surface area (Å²) in [5.41, 5.74) is 16.8. The van der Waals surface area contributed by atoms with Crippen molar-refractivity contribution in [3.63, 3.8) is 0 Å². The molecule has 228 valence electrons. The molecule has 5 heteroatoms. The second kappa shape index (κ2) is 12.2. The second-order valence-corrected chi connectivity index (χ2v) is 14.7. The van der Waals surface area contributed by atoms with Gasteiger partial charge in [-0.2, -0.15) is 8.75 Å². The normalized spacial score (nSPS) is 11.4. The van der Waals surface area contributed by atoms with Crippen molar-refractivity contribution < 1.29 is 0 Å². The summed E-state index contributed by atoms with van der Waals surface area (Å²) < 4.78 is 9.94. The average Bonchev–Trinajstić information content (AvgIpc) is 3.85. The van der Waals surface area contributed by atoms with E-state index in [1.165, 1.54) is 86.9 Å². The van der Waals surface area contributed by atoms with Gasteiger partial charge >= 0.3 is 0 Å². The number of thiophene rings is 2. The van der Waals surface area contributed by atoms with Gasteiger partial charge in [0, 0.05) is 41.8 Å². The van der Waals surface area contributed by atoms with Crippen molar-refractivity contribution in [3.8, 4) is 64.0 Å². The van der Waals surface area contributed by atoms with Gasteiger partial charge in [0.05, 0.1) is 11.7 Å². The monoisotopic (exact) mass is 660 g/mol. The van der Waals surface area contributed by atoms with Crippen molar-refractivity contribution in [1.82, 2.24) is 8.75 Å². The van der Waals surface area contributed by atoms with Gasteiger partial charge < -0.3 is 0 Å². The van der Waals surface area contributed by atoms with Gasteiger partial charge in [-0.3, -0.25) is 0 Å². The Morgan fingerprint density at radius 3 is 1.17 bits per heavy atom. The van der Waals surface area contributed by atoms with E-state index in [9.17, 15) is 0 Å². The van der Waals surface area contributed by atoms with Crippen molar-refractivity contribution in [2.75, 3.05) is 0 Å². The first kappa shape index (κ1) is 29.7. The predicted molar refractivity (Wildman–Crippen MR) is 205 cm³/mol. The van der Waals surface area contributed by atoms with Crippen molar-refractivity contribution in [3.05, 3.63) is 144 Å². The molecule has 5 aromatic carbocycles. The van der Waals surface area contributed by atoms with Crippen LogP contribution in [0.1, 0.15) is 22.3 Å². The van der Waals surface area contributed by atoms with Crippen LogP contribution in [0.15, 0.2) is 121 Å².